The number of nitrogens with two attached hydrogens (primary N) is 1. The zero-order valence-electron chi connectivity index (χ0n) is 19.5. The number of carbonyl (C=O) groups is 3. The second kappa shape index (κ2) is 10.5. The maximum atomic E-state index is 12.9. The predicted octanol–water partition coefficient (Wildman–Crippen LogP) is 3.80. The van der Waals surface area contributed by atoms with Crippen molar-refractivity contribution in [1.82, 2.24) is 4.90 Å². The van der Waals surface area contributed by atoms with Crippen LogP contribution in [-0.4, -0.2) is 52.1 Å². The number of rotatable bonds is 8. The van der Waals surface area contributed by atoms with Crippen molar-refractivity contribution in [2.45, 2.75) is 51.7 Å². The van der Waals surface area contributed by atoms with E-state index >= 15 is 0 Å². The number of esters is 1. The molecule has 0 radical (unpaired) electrons. The molecule has 1 heterocycles. The monoisotopic (exact) mass is 467 g/mol. The zero-order valence-corrected chi connectivity index (χ0v) is 19.5. The SMILES string of the molecule is CC(C)(C)OC(=O)N(/C=C1\N=C(c2ccc3ccccc3c2)OC1=O)[C@@H](CCCCN)C(=O)O. The van der Waals surface area contributed by atoms with Crippen LogP contribution < -0.4 is 5.73 Å². The van der Waals surface area contributed by atoms with Crippen LogP contribution >= 0.6 is 0 Å². The molecule has 0 unspecified atom stereocenters. The van der Waals surface area contributed by atoms with Gasteiger partial charge in [0.25, 0.3) is 0 Å². The first-order chi connectivity index (χ1) is 16.1. The maximum absolute atomic E-state index is 12.9. The number of amides is 1. The second-order valence-corrected chi connectivity index (χ2v) is 8.91. The number of nitrogens with zero attached hydrogens (tertiary/aromatic N) is 2. The molecule has 3 rings (SSSR count). The Kier molecular flexibility index (Phi) is 7.68. The van der Waals surface area contributed by atoms with E-state index < -0.39 is 29.7 Å². The first-order valence-corrected chi connectivity index (χ1v) is 11.0. The largest absolute Gasteiger partial charge is 0.480 e. The van der Waals surface area contributed by atoms with Gasteiger partial charge in [0, 0.05) is 11.8 Å². The number of carboxylic acids is 1. The standard InChI is InChI=1S/C25H29N3O6/c1-25(2,3)34-24(32)28(20(22(29)30)10-6-7-13-26)15-19-23(31)33-21(27-19)18-12-11-16-8-4-5-9-17(16)14-18/h4-5,8-9,11-12,14-15,20H,6-7,10,13,26H2,1-3H3,(H,29,30)/b19-15-/t20-/m0/s1. The lowest BCUT2D eigenvalue weighted by Crippen LogP contribution is -2.44. The molecule has 2 aromatic carbocycles. The van der Waals surface area contributed by atoms with Crippen molar-refractivity contribution < 1.29 is 29.0 Å². The van der Waals surface area contributed by atoms with Crippen molar-refractivity contribution in [2.24, 2.45) is 10.7 Å². The number of unbranched alkanes of at least 4 members (excludes halogenated alkanes) is 1. The van der Waals surface area contributed by atoms with Gasteiger partial charge in [-0.2, -0.15) is 0 Å². The Hall–Kier alpha value is -3.72. The highest BCUT2D eigenvalue weighted by atomic mass is 16.6. The number of hydrogen-bond acceptors (Lipinski definition) is 7. The Morgan fingerprint density at radius 3 is 2.53 bits per heavy atom. The van der Waals surface area contributed by atoms with Crippen LogP contribution in [-0.2, 0) is 19.1 Å². The lowest BCUT2D eigenvalue weighted by atomic mass is 10.1. The van der Waals surface area contributed by atoms with Gasteiger partial charge in [-0.05, 0) is 69.5 Å². The molecule has 1 atom stereocenters. The molecule has 0 fully saturated rings. The molecule has 9 nitrogen and oxygen atoms in total. The summed E-state index contributed by atoms with van der Waals surface area (Å²) in [5.41, 5.74) is 5.04. The molecule has 0 spiro atoms. The van der Waals surface area contributed by atoms with Gasteiger partial charge in [0.05, 0.1) is 0 Å². The Morgan fingerprint density at radius 1 is 1.18 bits per heavy atom. The average molecular weight is 468 g/mol. The van der Waals surface area contributed by atoms with Crippen LogP contribution in [0.5, 0.6) is 0 Å². The van der Waals surface area contributed by atoms with E-state index in [-0.39, 0.29) is 18.0 Å². The fraction of sp³-hybridized carbons (Fsp3) is 0.360. The van der Waals surface area contributed by atoms with Gasteiger partial charge in [0.1, 0.15) is 11.6 Å². The van der Waals surface area contributed by atoms with E-state index in [1.165, 1.54) is 0 Å². The van der Waals surface area contributed by atoms with E-state index in [2.05, 4.69) is 4.99 Å². The first kappa shape index (κ1) is 24.9. The fourth-order valence-electron chi connectivity index (χ4n) is 3.43. The highest BCUT2D eigenvalue weighted by Crippen LogP contribution is 2.23. The van der Waals surface area contributed by atoms with Crippen LogP contribution in [0.25, 0.3) is 10.8 Å². The topological polar surface area (TPSA) is 132 Å². The molecule has 1 aliphatic heterocycles. The number of fused-ring (bicyclic) bond motifs is 1. The van der Waals surface area contributed by atoms with E-state index in [1.54, 1.807) is 26.8 Å². The lowest BCUT2D eigenvalue weighted by Gasteiger charge is -2.29. The summed E-state index contributed by atoms with van der Waals surface area (Å²) in [6, 6.07) is 11.9. The number of carbonyl (C=O) groups excluding carboxylic acids is 2. The molecule has 0 aromatic heterocycles. The van der Waals surface area contributed by atoms with Crippen LogP contribution in [0.3, 0.4) is 0 Å². The minimum Gasteiger partial charge on any atom is -0.480 e. The van der Waals surface area contributed by atoms with Crippen molar-refractivity contribution in [3.05, 3.63) is 59.9 Å². The summed E-state index contributed by atoms with van der Waals surface area (Å²) < 4.78 is 10.7. The van der Waals surface area contributed by atoms with Gasteiger partial charge in [0.2, 0.25) is 5.90 Å². The van der Waals surface area contributed by atoms with Crippen LogP contribution in [0, 0.1) is 0 Å². The summed E-state index contributed by atoms with van der Waals surface area (Å²) >= 11 is 0. The van der Waals surface area contributed by atoms with E-state index in [0.29, 0.717) is 24.9 Å². The van der Waals surface area contributed by atoms with E-state index in [1.807, 2.05) is 36.4 Å². The summed E-state index contributed by atoms with van der Waals surface area (Å²) in [6.07, 6.45) is 1.39. The molecule has 0 aliphatic carbocycles. The molecule has 1 aliphatic rings. The molecule has 34 heavy (non-hydrogen) atoms. The smallest absolute Gasteiger partial charge is 0.415 e. The molecule has 0 bridgehead atoms. The molecule has 0 saturated carbocycles. The van der Waals surface area contributed by atoms with Gasteiger partial charge in [-0.1, -0.05) is 30.3 Å². The average Bonchev–Trinajstić information content (AvgIpc) is 3.14. The maximum Gasteiger partial charge on any atom is 0.415 e. The number of carboxylic acid groups (broad SMARTS) is 1. The summed E-state index contributed by atoms with van der Waals surface area (Å²) in [6.45, 7) is 5.40. The summed E-state index contributed by atoms with van der Waals surface area (Å²) in [4.78, 5) is 42.6. The van der Waals surface area contributed by atoms with Crippen molar-refractivity contribution in [3.8, 4) is 0 Å². The molecule has 180 valence electrons. The van der Waals surface area contributed by atoms with Crippen molar-refractivity contribution in [3.63, 3.8) is 0 Å². The molecule has 1 amide bonds. The van der Waals surface area contributed by atoms with E-state index in [0.717, 1.165) is 21.9 Å². The zero-order chi connectivity index (χ0) is 24.9. The number of ether oxygens (including phenoxy) is 2. The summed E-state index contributed by atoms with van der Waals surface area (Å²) in [5, 5.41) is 11.8. The van der Waals surface area contributed by atoms with Crippen molar-refractivity contribution in [1.29, 1.82) is 0 Å². The molecule has 3 N–H and O–H groups in total. The van der Waals surface area contributed by atoms with E-state index in [9.17, 15) is 19.5 Å². The van der Waals surface area contributed by atoms with Crippen molar-refractivity contribution >= 4 is 34.7 Å². The number of cyclic esters (lactones) is 1. The third kappa shape index (κ3) is 6.20. The molecular formula is C25H29N3O6. The Balaban J connectivity index is 1.97. The quantitative estimate of drug-likeness (QED) is 0.343. The Labute approximate surface area is 197 Å². The Morgan fingerprint density at radius 2 is 1.88 bits per heavy atom. The third-order valence-corrected chi connectivity index (χ3v) is 5.04. The van der Waals surface area contributed by atoms with Crippen molar-refractivity contribution in [2.75, 3.05) is 6.54 Å². The van der Waals surface area contributed by atoms with Crippen LogP contribution in [0.1, 0.15) is 45.6 Å². The van der Waals surface area contributed by atoms with Gasteiger partial charge in [0.15, 0.2) is 5.70 Å². The van der Waals surface area contributed by atoms with Gasteiger partial charge in [-0.3, -0.25) is 4.90 Å². The van der Waals surface area contributed by atoms with Gasteiger partial charge >= 0.3 is 18.0 Å². The number of aliphatic carboxylic acids is 1. The number of aliphatic imine (C=N–C) groups is 1. The van der Waals surface area contributed by atoms with Crippen LogP contribution in [0.15, 0.2) is 59.4 Å². The number of hydrogen-bond donors (Lipinski definition) is 2. The minimum absolute atomic E-state index is 0.0705. The first-order valence-electron chi connectivity index (χ1n) is 11.0. The summed E-state index contributed by atoms with van der Waals surface area (Å²) in [5.74, 6) is -1.95. The number of benzene rings is 2. The summed E-state index contributed by atoms with van der Waals surface area (Å²) in [7, 11) is 0. The van der Waals surface area contributed by atoms with Gasteiger partial charge < -0.3 is 20.3 Å². The normalized spacial score (nSPS) is 15.7. The van der Waals surface area contributed by atoms with Crippen LogP contribution in [0.4, 0.5) is 4.79 Å². The molecule has 0 saturated heterocycles. The molecular weight excluding hydrogens is 438 g/mol. The van der Waals surface area contributed by atoms with E-state index in [4.69, 9.17) is 15.2 Å². The molecule has 2 aromatic rings. The van der Waals surface area contributed by atoms with Crippen LogP contribution in [0.2, 0.25) is 0 Å². The second-order valence-electron chi connectivity index (χ2n) is 8.91. The highest BCUT2D eigenvalue weighted by molar-refractivity contribution is 6.12. The minimum atomic E-state index is -1.26. The third-order valence-electron chi connectivity index (χ3n) is 5.04. The lowest BCUT2D eigenvalue weighted by molar-refractivity contribution is -0.142. The molecule has 9 heteroatoms. The fourth-order valence-corrected chi connectivity index (χ4v) is 3.43. The predicted molar refractivity (Wildman–Crippen MR) is 127 cm³/mol. The van der Waals surface area contributed by atoms with Gasteiger partial charge in [-0.15, -0.1) is 0 Å². The van der Waals surface area contributed by atoms with Gasteiger partial charge in [-0.25, -0.2) is 19.4 Å². The highest BCUT2D eigenvalue weighted by Gasteiger charge is 2.34. The Bertz CT molecular complexity index is 1150.